The highest BCUT2D eigenvalue weighted by Crippen LogP contribution is 2.47. The molecule has 4 nitrogen and oxygen atoms in total. The van der Waals surface area contributed by atoms with E-state index in [0.717, 1.165) is 22.3 Å². The summed E-state index contributed by atoms with van der Waals surface area (Å²) in [4.78, 5) is 28.0. The van der Waals surface area contributed by atoms with Gasteiger partial charge in [0.2, 0.25) is 0 Å². The number of carbonyl (C=O) groups excluding carboxylic acids is 2. The van der Waals surface area contributed by atoms with Gasteiger partial charge in [0.25, 0.3) is 0 Å². The first-order valence-corrected chi connectivity index (χ1v) is 12.4. The van der Waals surface area contributed by atoms with Crippen LogP contribution >= 0.6 is 0 Å². The van der Waals surface area contributed by atoms with Crippen LogP contribution in [0.25, 0.3) is 6.08 Å². The fraction of sp³-hybridized carbons (Fsp3) is 0.152. The van der Waals surface area contributed by atoms with Crippen molar-refractivity contribution in [1.82, 2.24) is 0 Å². The maximum Gasteiger partial charge on any atom is 0.329 e. The van der Waals surface area contributed by atoms with E-state index in [1.165, 1.54) is 0 Å². The van der Waals surface area contributed by atoms with Crippen LogP contribution in [0.4, 0.5) is 0 Å². The van der Waals surface area contributed by atoms with Crippen molar-refractivity contribution in [3.05, 3.63) is 149 Å². The minimum atomic E-state index is -1.61. The first-order valence-electron chi connectivity index (χ1n) is 12.4. The second-order valence-electron chi connectivity index (χ2n) is 9.17. The Hall–Kier alpha value is -4.44. The van der Waals surface area contributed by atoms with Gasteiger partial charge in [-0.05, 0) is 34.2 Å². The van der Waals surface area contributed by atoms with Crippen molar-refractivity contribution in [3.8, 4) is 0 Å². The summed E-state index contributed by atoms with van der Waals surface area (Å²) >= 11 is 0. The zero-order chi connectivity index (χ0) is 25.5. The van der Waals surface area contributed by atoms with Gasteiger partial charge in [-0.2, -0.15) is 0 Å². The Morgan fingerprint density at radius 3 is 1.73 bits per heavy atom. The van der Waals surface area contributed by atoms with Gasteiger partial charge in [0.15, 0.2) is 5.41 Å². The molecule has 1 aliphatic rings. The summed E-state index contributed by atoms with van der Waals surface area (Å²) in [5, 5.41) is 0. The summed E-state index contributed by atoms with van der Waals surface area (Å²) in [6, 6.07) is 36.4. The van der Waals surface area contributed by atoms with Crippen molar-refractivity contribution in [2.45, 2.75) is 25.0 Å². The summed E-state index contributed by atoms with van der Waals surface area (Å²) in [6.07, 6.45) is 4.43. The molecule has 0 bridgehead atoms. The number of carbonyl (C=O) groups is 2. The van der Waals surface area contributed by atoms with Gasteiger partial charge in [-0.1, -0.05) is 127 Å². The molecule has 0 saturated heterocycles. The van der Waals surface area contributed by atoms with Gasteiger partial charge in [-0.25, -0.2) is 0 Å². The summed E-state index contributed by atoms with van der Waals surface area (Å²) in [6.45, 7) is 0.148. The quantitative estimate of drug-likeness (QED) is 0.216. The molecule has 0 aromatic heterocycles. The van der Waals surface area contributed by atoms with Crippen LogP contribution < -0.4 is 0 Å². The number of benzene rings is 4. The van der Waals surface area contributed by atoms with Crippen LogP contribution in [0, 0.1) is 5.92 Å². The van der Waals surface area contributed by atoms with E-state index < -0.39 is 23.3 Å². The minimum Gasteiger partial charge on any atom is -0.460 e. The molecule has 5 rings (SSSR count). The topological polar surface area (TPSA) is 52.6 Å². The Morgan fingerprint density at radius 2 is 1.16 bits per heavy atom. The normalized spacial score (nSPS) is 15.7. The van der Waals surface area contributed by atoms with Crippen LogP contribution in [0.3, 0.4) is 0 Å². The van der Waals surface area contributed by atoms with Crippen LogP contribution in [0.15, 0.2) is 121 Å². The van der Waals surface area contributed by atoms with Gasteiger partial charge in [0, 0.05) is 5.92 Å². The lowest BCUT2D eigenvalue weighted by Gasteiger charge is -2.30. The van der Waals surface area contributed by atoms with E-state index in [1.54, 1.807) is 0 Å². The van der Waals surface area contributed by atoms with E-state index in [-0.39, 0.29) is 13.2 Å². The van der Waals surface area contributed by atoms with Crippen molar-refractivity contribution >= 4 is 18.0 Å². The van der Waals surface area contributed by atoms with Gasteiger partial charge in [0.05, 0.1) is 0 Å². The average Bonchev–Trinajstić information content (AvgIpc) is 3.30. The van der Waals surface area contributed by atoms with Crippen molar-refractivity contribution in [2.75, 3.05) is 0 Å². The number of rotatable bonds is 8. The van der Waals surface area contributed by atoms with Crippen LogP contribution in [0.1, 0.15) is 27.8 Å². The second kappa shape index (κ2) is 11.1. The zero-order valence-electron chi connectivity index (χ0n) is 20.5. The minimum absolute atomic E-state index is 0.0741. The zero-order valence-corrected chi connectivity index (χ0v) is 20.5. The molecular weight excluding hydrogens is 460 g/mol. The molecule has 1 aliphatic carbocycles. The van der Waals surface area contributed by atoms with Crippen molar-refractivity contribution in [2.24, 2.45) is 5.92 Å². The van der Waals surface area contributed by atoms with E-state index in [9.17, 15) is 9.59 Å². The Kier molecular flexibility index (Phi) is 7.27. The van der Waals surface area contributed by atoms with E-state index in [4.69, 9.17) is 9.47 Å². The third-order valence-corrected chi connectivity index (χ3v) is 6.83. The van der Waals surface area contributed by atoms with Crippen LogP contribution in [0.5, 0.6) is 0 Å². The maximum atomic E-state index is 14.0. The smallest absolute Gasteiger partial charge is 0.329 e. The van der Waals surface area contributed by atoms with Crippen molar-refractivity contribution < 1.29 is 19.1 Å². The molecule has 184 valence electrons. The molecule has 4 aromatic rings. The van der Waals surface area contributed by atoms with Gasteiger partial charge in [0.1, 0.15) is 13.2 Å². The molecule has 0 saturated carbocycles. The Morgan fingerprint density at radius 1 is 0.676 bits per heavy atom. The highest BCUT2D eigenvalue weighted by Gasteiger charge is 2.59. The van der Waals surface area contributed by atoms with Gasteiger partial charge < -0.3 is 9.47 Å². The number of esters is 2. The lowest BCUT2D eigenvalue weighted by atomic mass is 9.74. The molecule has 37 heavy (non-hydrogen) atoms. The van der Waals surface area contributed by atoms with Crippen molar-refractivity contribution in [1.29, 1.82) is 0 Å². The SMILES string of the molecule is O=C(OCc1ccccc1)C1(C(=O)OCc2ccccc2)c2ccccc2C[C@H]1/C=C/c1ccccc1. The molecular formula is C33H28O4. The van der Waals surface area contributed by atoms with E-state index in [2.05, 4.69) is 0 Å². The number of fused-ring (bicyclic) bond motifs is 1. The third kappa shape index (κ3) is 5.10. The first kappa shape index (κ1) is 24.3. The summed E-state index contributed by atoms with van der Waals surface area (Å²) < 4.78 is 11.7. The fourth-order valence-electron chi connectivity index (χ4n) is 4.96. The van der Waals surface area contributed by atoms with Crippen LogP contribution in [0.2, 0.25) is 0 Å². The molecule has 0 unspecified atom stereocenters. The lowest BCUT2D eigenvalue weighted by Crippen LogP contribution is -2.49. The van der Waals surface area contributed by atoms with Gasteiger partial charge in [-0.15, -0.1) is 0 Å². The van der Waals surface area contributed by atoms with Gasteiger partial charge in [-0.3, -0.25) is 9.59 Å². The van der Waals surface area contributed by atoms with Gasteiger partial charge >= 0.3 is 11.9 Å². The number of hydrogen-bond donors (Lipinski definition) is 0. The molecule has 1 atom stereocenters. The second-order valence-corrected chi connectivity index (χ2v) is 9.17. The monoisotopic (exact) mass is 488 g/mol. The maximum absolute atomic E-state index is 14.0. The Balaban J connectivity index is 1.53. The molecule has 0 amide bonds. The average molecular weight is 489 g/mol. The fourth-order valence-corrected chi connectivity index (χ4v) is 4.96. The van der Waals surface area contributed by atoms with Crippen molar-refractivity contribution in [3.63, 3.8) is 0 Å². The molecule has 0 radical (unpaired) electrons. The van der Waals surface area contributed by atoms with E-state index in [1.807, 2.05) is 127 Å². The summed E-state index contributed by atoms with van der Waals surface area (Å²) in [5.41, 5.74) is 2.68. The highest BCUT2D eigenvalue weighted by molar-refractivity contribution is 6.08. The molecule has 0 spiro atoms. The first-order chi connectivity index (χ1) is 18.2. The highest BCUT2D eigenvalue weighted by atomic mass is 16.6. The molecule has 4 aromatic carbocycles. The predicted octanol–water partition coefficient (Wildman–Crippen LogP) is 6.30. The third-order valence-electron chi connectivity index (χ3n) is 6.83. The molecule has 0 heterocycles. The predicted molar refractivity (Wildman–Crippen MR) is 143 cm³/mol. The number of allylic oxidation sites excluding steroid dienone is 1. The largest absolute Gasteiger partial charge is 0.460 e. The molecule has 0 fully saturated rings. The van der Waals surface area contributed by atoms with E-state index >= 15 is 0 Å². The standard InChI is InChI=1S/C33H28O4/c34-31(36-23-26-14-6-2-7-15-26)33(32(35)37-24-27-16-8-3-9-17-27)29(21-20-25-12-4-1-5-13-25)22-28-18-10-11-19-30(28)33/h1-21,29H,22-24H2/b21-20+/t29-/m1/s1. The van der Waals surface area contributed by atoms with E-state index in [0.29, 0.717) is 12.0 Å². The Labute approximate surface area is 217 Å². The van der Waals surface area contributed by atoms with Crippen LogP contribution in [-0.4, -0.2) is 11.9 Å². The molecule has 0 aliphatic heterocycles. The number of hydrogen-bond acceptors (Lipinski definition) is 4. The Bertz CT molecular complexity index is 1320. The summed E-state index contributed by atoms with van der Waals surface area (Å²) in [5.74, 6) is -1.65. The molecule has 4 heteroatoms. The number of ether oxygens (including phenoxy) is 2. The molecule has 0 N–H and O–H groups in total. The lowest BCUT2D eigenvalue weighted by molar-refractivity contribution is -0.168. The summed E-state index contributed by atoms with van der Waals surface area (Å²) in [7, 11) is 0. The van der Waals surface area contributed by atoms with Crippen LogP contribution in [-0.2, 0) is 44.1 Å².